The highest BCUT2D eigenvalue weighted by atomic mass is 16.6. The number of methoxy groups -OCH3 is 1. The van der Waals surface area contributed by atoms with E-state index in [0.717, 1.165) is 35.1 Å². The Morgan fingerprint density at radius 3 is 1.69 bits per heavy atom. The van der Waals surface area contributed by atoms with Crippen LogP contribution >= 0.6 is 0 Å². The van der Waals surface area contributed by atoms with Crippen molar-refractivity contribution in [1.82, 2.24) is 14.7 Å². The summed E-state index contributed by atoms with van der Waals surface area (Å²) in [5, 5.41) is 18.9. The molecular weight excluding hydrogens is 875 g/mol. The standard InChI is InChI=1S/C18H23NO4.C17H23NO5.C17H21NO4/c1-3-15-12-19(10-9-16(15)11-17(20)22-2)18(21)23-13-14-7-5-4-6-8-14;1-12(19)15-10-18(8-7-14(15)9-16(20)21)17(22)23-11-13-5-3-2-4-6-13;1-12-15-10-18(8-7-14(15)9-16(19)22-12)17(20)21-11-13-5-3-2-4-6-13/h3-8,16H,9-13H2,1-2H3;2-6,12,14-15,19H,7-11H2,1H3,(H,20,21);2-6,12,14-15H,7-11H2,1H3/b15-3+;;. The van der Waals surface area contributed by atoms with Crippen LogP contribution in [-0.2, 0) is 57.9 Å². The second-order valence-corrected chi connectivity index (χ2v) is 17.7. The minimum atomic E-state index is -0.874. The molecule has 7 unspecified atom stereocenters. The van der Waals surface area contributed by atoms with Crippen LogP contribution in [0.1, 0.15) is 76.0 Å². The molecule has 3 amide bonds. The van der Waals surface area contributed by atoms with E-state index in [9.17, 15) is 33.9 Å². The number of carbonyl (C=O) groups is 6. The number of hydrogen-bond donors (Lipinski definition) is 2. The number of aliphatic hydroxyl groups excluding tert-OH is 1. The third kappa shape index (κ3) is 16.4. The van der Waals surface area contributed by atoms with E-state index in [1.54, 1.807) is 21.6 Å². The van der Waals surface area contributed by atoms with E-state index >= 15 is 0 Å². The fourth-order valence-electron chi connectivity index (χ4n) is 9.12. The normalized spacial score (nSPS) is 23.2. The summed E-state index contributed by atoms with van der Waals surface area (Å²) in [6.07, 6.45) is 3.16. The lowest BCUT2D eigenvalue weighted by Gasteiger charge is -2.42. The Kier molecular flexibility index (Phi) is 20.7. The van der Waals surface area contributed by atoms with Crippen LogP contribution in [0.2, 0.25) is 0 Å². The zero-order valence-electron chi connectivity index (χ0n) is 39.6. The first kappa shape index (κ1) is 52.5. The summed E-state index contributed by atoms with van der Waals surface area (Å²) < 4.78 is 26.1. The molecule has 0 aromatic heterocycles. The van der Waals surface area contributed by atoms with Gasteiger partial charge in [0.05, 0.1) is 19.6 Å². The van der Waals surface area contributed by atoms with Crippen LogP contribution in [0, 0.1) is 29.6 Å². The van der Waals surface area contributed by atoms with Crippen molar-refractivity contribution in [3.05, 3.63) is 119 Å². The molecule has 7 rings (SSSR count). The predicted molar refractivity (Wildman–Crippen MR) is 250 cm³/mol. The summed E-state index contributed by atoms with van der Waals surface area (Å²) in [7, 11) is 1.40. The number of fused-ring (bicyclic) bond motifs is 1. The van der Waals surface area contributed by atoms with Crippen LogP contribution in [-0.4, -0.2) is 120 Å². The Balaban J connectivity index is 0.000000191. The van der Waals surface area contributed by atoms with Gasteiger partial charge in [0.2, 0.25) is 0 Å². The zero-order valence-corrected chi connectivity index (χ0v) is 39.6. The molecule has 0 radical (unpaired) electrons. The second-order valence-electron chi connectivity index (χ2n) is 17.7. The molecule has 4 aliphatic rings. The van der Waals surface area contributed by atoms with Gasteiger partial charge in [0.15, 0.2) is 0 Å². The Morgan fingerprint density at radius 2 is 1.21 bits per heavy atom. The molecule has 0 aliphatic carbocycles. The average Bonchev–Trinajstić information content (AvgIpc) is 3.35. The number of benzene rings is 3. The van der Waals surface area contributed by atoms with Crippen LogP contribution in [0.3, 0.4) is 0 Å². The number of piperidine rings is 3. The number of likely N-dealkylation sites (tertiary alicyclic amines) is 3. The van der Waals surface area contributed by atoms with E-state index in [1.165, 1.54) is 7.11 Å². The molecule has 68 heavy (non-hydrogen) atoms. The van der Waals surface area contributed by atoms with E-state index in [4.69, 9.17) is 28.8 Å². The average molecular weight is 942 g/mol. The molecular formula is C52H67N3O13. The number of nitrogens with zero attached hydrogens (tertiary/aromatic N) is 3. The number of esters is 2. The highest BCUT2D eigenvalue weighted by Crippen LogP contribution is 2.35. The third-order valence-corrected chi connectivity index (χ3v) is 13.1. The monoisotopic (exact) mass is 941 g/mol. The lowest BCUT2D eigenvalue weighted by Crippen LogP contribution is -2.51. The summed E-state index contributed by atoms with van der Waals surface area (Å²) in [5.74, 6) is -0.880. The first-order valence-electron chi connectivity index (χ1n) is 23.4. The van der Waals surface area contributed by atoms with E-state index in [0.29, 0.717) is 64.4 Å². The number of carbonyl (C=O) groups excluding carboxylic acids is 5. The van der Waals surface area contributed by atoms with Crippen molar-refractivity contribution in [2.24, 2.45) is 29.6 Å². The molecule has 7 atom stereocenters. The van der Waals surface area contributed by atoms with Gasteiger partial charge >= 0.3 is 36.2 Å². The summed E-state index contributed by atoms with van der Waals surface area (Å²) >= 11 is 0. The van der Waals surface area contributed by atoms with Gasteiger partial charge in [0.25, 0.3) is 0 Å². The van der Waals surface area contributed by atoms with Crippen LogP contribution in [0.5, 0.6) is 0 Å². The molecule has 0 bridgehead atoms. The Bertz CT molecular complexity index is 2120. The second kappa shape index (κ2) is 26.8. The highest BCUT2D eigenvalue weighted by Gasteiger charge is 2.41. The molecule has 4 aliphatic heterocycles. The third-order valence-electron chi connectivity index (χ3n) is 13.1. The van der Waals surface area contributed by atoms with Crippen molar-refractivity contribution in [1.29, 1.82) is 0 Å². The molecule has 4 saturated heterocycles. The number of hydrogen-bond acceptors (Lipinski definition) is 12. The fourth-order valence-corrected chi connectivity index (χ4v) is 9.12. The lowest BCUT2D eigenvalue weighted by atomic mass is 9.78. The maximum Gasteiger partial charge on any atom is 0.410 e. The highest BCUT2D eigenvalue weighted by molar-refractivity contribution is 5.72. The van der Waals surface area contributed by atoms with Crippen molar-refractivity contribution in [3.63, 3.8) is 0 Å². The molecule has 0 saturated carbocycles. The van der Waals surface area contributed by atoms with Gasteiger partial charge in [-0.1, -0.05) is 103 Å². The maximum absolute atomic E-state index is 12.2. The van der Waals surface area contributed by atoms with Gasteiger partial charge in [-0.3, -0.25) is 14.4 Å². The van der Waals surface area contributed by atoms with Crippen molar-refractivity contribution < 1.29 is 62.7 Å². The zero-order chi connectivity index (χ0) is 49.0. The first-order valence-corrected chi connectivity index (χ1v) is 23.4. The summed E-state index contributed by atoms with van der Waals surface area (Å²) in [4.78, 5) is 75.4. The number of aliphatic carboxylic acids is 1. The SMILES string of the molecule is C/C=C1\CN(C(=O)OCc2ccccc2)CCC1CC(=O)OC.CC(O)C1CN(C(=O)OCc2ccccc2)CCC1CC(=O)O.CC1OC(=O)CC2CCN(C(=O)OCc3ccccc3)CC21. The molecule has 0 spiro atoms. The number of ether oxygens (including phenoxy) is 5. The molecule has 16 heteroatoms. The number of allylic oxidation sites excluding steroid dienone is 1. The Hall–Kier alpha value is -6.42. The Morgan fingerprint density at radius 1 is 0.721 bits per heavy atom. The van der Waals surface area contributed by atoms with Crippen LogP contribution in [0.4, 0.5) is 14.4 Å². The number of carboxylic acid groups (broad SMARTS) is 1. The van der Waals surface area contributed by atoms with Crippen molar-refractivity contribution in [3.8, 4) is 0 Å². The van der Waals surface area contributed by atoms with Gasteiger partial charge in [0, 0.05) is 63.9 Å². The fraction of sp³-hybridized carbons (Fsp3) is 0.500. The molecule has 3 aromatic rings. The largest absolute Gasteiger partial charge is 0.481 e. The molecule has 2 N–H and O–H groups in total. The molecule has 3 aromatic carbocycles. The van der Waals surface area contributed by atoms with Crippen LogP contribution < -0.4 is 0 Å². The van der Waals surface area contributed by atoms with Crippen molar-refractivity contribution in [2.45, 2.75) is 91.3 Å². The van der Waals surface area contributed by atoms with Gasteiger partial charge in [-0.15, -0.1) is 0 Å². The van der Waals surface area contributed by atoms with E-state index < -0.39 is 18.2 Å². The van der Waals surface area contributed by atoms with Crippen molar-refractivity contribution in [2.75, 3.05) is 46.4 Å². The molecule has 16 nitrogen and oxygen atoms in total. The van der Waals surface area contributed by atoms with Gasteiger partial charge in [-0.05, 0) is 74.5 Å². The minimum Gasteiger partial charge on any atom is -0.481 e. The van der Waals surface area contributed by atoms with Gasteiger partial charge in [-0.25, -0.2) is 14.4 Å². The van der Waals surface area contributed by atoms with Crippen LogP contribution in [0.25, 0.3) is 0 Å². The maximum atomic E-state index is 12.2. The molecule has 4 fully saturated rings. The van der Waals surface area contributed by atoms with Gasteiger partial charge in [0.1, 0.15) is 25.9 Å². The van der Waals surface area contributed by atoms with E-state index in [1.807, 2.05) is 111 Å². The van der Waals surface area contributed by atoms with Crippen LogP contribution in [0.15, 0.2) is 103 Å². The van der Waals surface area contributed by atoms with Crippen molar-refractivity contribution >= 4 is 36.2 Å². The van der Waals surface area contributed by atoms with E-state index in [-0.39, 0.29) is 80.1 Å². The number of carboxylic acids is 1. The number of rotatable bonds is 11. The smallest absolute Gasteiger partial charge is 0.410 e. The number of amides is 3. The predicted octanol–water partition coefficient (Wildman–Crippen LogP) is 7.87. The quantitative estimate of drug-likeness (QED) is 0.107. The first-order chi connectivity index (χ1) is 32.7. The Labute approximate surface area is 399 Å². The van der Waals surface area contributed by atoms with E-state index in [2.05, 4.69) is 0 Å². The summed E-state index contributed by atoms with van der Waals surface area (Å²) in [6.45, 7) is 9.36. The van der Waals surface area contributed by atoms with Gasteiger partial charge in [-0.2, -0.15) is 0 Å². The summed E-state index contributed by atoms with van der Waals surface area (Å²) in [5.41, 5.74) is 3.94. The number of cyclic esters (lactones) is 1. The molecule has 368 valence electrons. The summed E-state index contributed by atoms with van der Waals surface area (Å²) in [6, 6.07) is 28.7. The lowest BCUT2D eigenvalue weighted by molar-refractivity contribution is -0.164. The number of aliphatic hydroxyl groups is 1. The molecule has 4 heterocycles. The van der Waals surface area contributed by atoms with Gasteiger partial charge < -0.3 is 48.6 Å². The minimum absolute atomic E-state index is 0.0163. The topological polar surface area (TPSA) is 199 Å².